The number of amides is 3. The van der Waals surface area contributed by atoms with Gasteiger partial charge >= 0.3 is 0 Å². The molecule has 2 atom stereocenters. The fourth-order valence-corrected chi connectivity index (χ4v) is 4.95. The van der Waals surface area contributed by atoms with Crippen molar-refractivity contribution in [3.05, 3.63) is 52.5 Å². The summed E-state index contributed by atoms with van der Waals surface area (Å²) in [6.07, 6.45) is -0.628. The van der Waals surface area contributed by atoms with Crippen molar-refractivity contribution in [3.63, 3.8) is 0 Å². The largest absolute Gasteiger partial charge is 0.485 e. The average Bonchev–Trinajstić information content (AvgIpc) is 3.11. The predicted octanol–water partition coefficient (Wildman–Crippen LogP) is 2.61. The van der Waals surface area contributed by atoms with Crippen molar-refractivity contribution < 1.29 is 23.9 Å². The van der Waals surface area contributed by atoms with Gasteiger partial charge in [-0.3, -0.25) is 19.3 Å². The van der Waals surface area contributed by atoms with Crippen LogP contribution in [0, 0.1) is 0 Å². The summed E-state index contributed by atoms with van der Waals surface area (Å²) in [4.78, 5) is 43.5. The molecule has 2 aromatic rings. The van der Waals surface area contributed by atoms with Gasteiger partial charge in [0.2, 0.25) is 12.0 Å². The zero-order valence-corrected chi connectivity index (χ0v) is 19.1. The highest BCUT2D eigenvalue weighted by molar-refractivity contribution is 6.35. The number of carbonyl (C=O) groups is 3. The van der Waals surface area contributed by atoms with E-state index in [1.807, 2.05) is 17.0 Å². The number of carbonyl (C=O) groups excluding carboxylic acids is 3. The molecule has 2 saturated heterocycles. The fraction of sp³-hybridized carbons (Fsp3) is 0.348. The number of imide groups is 1. The summed E-state index contributed by atoms with van der Waals surface area (Å²) in [5, 5.41) is 0.704. The van der Waals surface area contributed by atoms with Crippen LogP contribution in [0.4, 0.5) is 5.69 Å². The van der Waals surface area contributed by atoms with E-state index >= 15 is 0 Å². The Bertz CT molecular complexity index is 1100. The van der Waals surface area contributed by atoms with Gasteiger partial charge < -0.3 is 14.4 Å². The smallest absolute Gasteiger partial charge is 0.267 e. The van der Waals surface area contributed by atoms with Crippen molar-refractivity contribution in [2.45, 2.75) is 18.6 Å². The molecule has 0 N–H and O–H groups in total. The van der Waals surface area contributed by atoms with Crippen LogP contribution in [-0.2, 0) is 14.4 Å². The predicted molar refractivity (Wildman–Crippen MR) is 122 cm³/mol. The van der Waals surface area contributed by atoms with E-state index in [0.29, 0.717) is 53.4 Å². The van der Waals surface area contributed by atoms with Crippen LogP contribution in [0.15, 0.2) is 42.5 Å². The van der Waals surface area contributed by atoms with Crippen molar-refractivity contribution in [1.82, 2.24) is 9.80 Å². The molecule has 2 aromatic carbocycles. The Kier molecular flexibility index (Phi) is 5.90. The maximum absolute atomic E-state index is 13.1. The van der Waals surface area contributed by atoms with E-state index in [4.69, 9.17) is 32.7 Å². The third-order valence-electron chi connectivity index (χ3n) is 6.08. The summed E-state index contributed by atoms with van der Waals surface area (Å²) < 4.78 is 11.5. The molecule has 2 fully saturated rings. The molecule has 0 aromatic heterocycles. The van der Waals surface area contributed by atoms with E-state index in [9.17, 15) is 14.4 Å². The molecule has 5 rings (SSSR count). The summed E-state index contributed by atoms with van der Waals surface area (Å²) >= 11 is 12.1. The highest BCUT2D eigenvalue weighted by Gasteiger charge is 2.44. The van der Waals surface area contributed by atoms with Gasteiger partial charge in [0.1, 0.15) is 6.61 Å². The van der Waals surface area contributed by atoms with Gasteiger partial charge in [-0.25, -0.2) is 4.90 Å². The second-order valence-corrected chi connectivity index (χ2v) is 9.01. The number of nitrogens with zero attached hydrogens (tertiary/aromatic N) is 3. The molecule has 10 heteroatoms. The third-order valence-corrected chi connectivity index (χ3v) is 6.52. The lowest BCUT2D eigenvalue weighted by molar-refractivity contribution is -0.143. The molecule has 0 spiro atoms. The van der Waals surface area contributed by atoms with Gasteiger partial charge in [-0.05, 0) is 30.3 Å². The molecule has 3 aliphatic heterocycles. The van der Waals surface area contributed by atoms with Gasteiger partial charge in [0.15, 0.2) is 11.5 Å². The molecule has 3 heterocycles. The van der Waals surface area contributed by atoms with Gasteiger partial charge in [0.25, 0.3) is 11.8 Å². The number of para-hydroxylation sites is 2. The minimum Gasteiger partial charge on any atom is -0.485 e. The van der Waals surface area contributed by atoms with Gasteiger partial charge in [0, 0.05) is 36.2 Å². The summed E-state index contributed by atoms with van der Waals surface area (Å²) in [5.74, 6) is 0.429. The van der Waals surface area contributed by atoms with Crippen molar-refractivity contribution in [2.75, 3.05) is 37.7 Å². The number of fused-ring (bicyclic) bond motifs is 1. The molecule has 3 aliphatic rings. The molecule has 172 valence electrons. The van der Waals surface area contributed by atoms with Crippen molar-refractivity contribution >= 4 is 46.6 Å². The molecular weight excluding hydrogens is 469 g/mol. The Labute approximate surface area is 200 Å². The molecule has 0 bridgehead atoms. The lowest BCUT2D eigenvalue weighted by Gasteiger charge is -2.38. The van der Waals surface area contributed by atoms with E-state index in [1.54, 1.807) is 35.2 Å². The number of hydrogen-bond donors (Lipinski definition) is 0. The van der Waals surface area contributed by atoms with E-state index in [0.717, 1.165) is 4.90 Å². The van der Waals surface area contributed by atoms with E-state index in [1.165, 1.54) is 0 Å². The Morgan fingerprint density at radius 3 is 2.30 bits per heavy atom. The summed E-state index contributed by atoms with van der Waals surface area (Å²) in [6.45, 7) is 1.97. The number of ether oxygens (including phenoxy) is 2. The van der Waals surface area contributed by atoms with E-state index < -0.39 is 12.1 Å². The SMILES string of the molecule is O=C([C@H]1COc2ccccc2O1)N1CCN([C@@H]2CC(=O)N(c3cc(Cl)cc(Cl)c3)C2=O)CC1. The number of piperazine rings is 1. The second kappa shape index (κ2) is 8.85. The van der Waals surface area contributed by atoms with E-state index in [2.05, 4.69) is 0 Å². The van der Waals surface area contributed by atoms with Crippen molar-refractivity contribution in [3.8, 4) is 11.5 Å². The topological polar surface area (TPSA) is 79.4 Å². The highest BCUT2D eigenvalue weighted by atomic mass is 35.5. The molecule has 0 aliphatic carbocycles. The normalized spacial score (nSPS) is 23.2. The summed E-state index contributed by atoms with van der Waals surface area (Å²) in [6, 6.07) is 11.3. The van der Waals surface area contributed by atoms with Gasteiger partial charge in [-0.15, -0.1) is 0 Å². The molecule has 0 unspecified atom stereocenters. The van der Waals surface area contributed by atoms with Gasteiger partial charge in [0.05, 0.1) is 18.2 Å². The first-order valence-electron chi connectivity index (χ1n) is 10.6. The van der Waals surface area contributed by atoms with Crippen LogP contribution >= 0.6 is 23.2 Å². The second-order valence-electron chi connectivity index (χ2n) is 8.14. The average molecular weight is 490 g/mol. The zero-order chi connectivity index (χ0) is 23.1. The lowest BCUT2D eigenvalue weighted by atomic mass is 10.1. The van der Waals surface area contributed by atoms with Crippen LogP contribution in [0.5, 0.6) is 11.5 Å². The highest BCUT2D eigenvalue weighted by Crippen LogP contribution is 2.32. The minimum atomic E-state index is -0.704. The molecule has 8 nitrogen and oxygen atoms in total. The summed E-state index contributed by atoms with van der Waals surface area (Å²) in [7, 11) is 0. The van der Waals surface area contributed by atoms with Gasteiger partial charge in [-0.1, -0.05) is 35.3 Å². The fourth-order valence-electron chi connectivity index (χ4n) is 4.44. The Morgan fingerprint density at radius 2 is 1.61 bits per heavy atom. The van der Waals surface area contributed by atoms with Crippen LogP contribution in [0.2, 0.25) is 10.0 Å². The Hall–Kier alpha value is -2.81. The Morgan fingerprint density at radius 1 is 0.939 bits per heavy atom. The molecule has 3 amide bonds. The number of hydrogen-bond acceptors (Lipinski definition) is 6. The first-order valence-corrected chi connectivity index (χ1v) is 11.4. The number of benzene rings is 2. The zero-order valence-electron chi connectivity index (χ0n) is 17.6. The number of rotatable bonds is 3. The van der Waals surface area contributed by atoms with Crippen LogP contribution in [0.25, 0.3) is 0 Å². The van der Waals surface area contributed by atoms with Crippen LogP contribution in [-0.4, -0.2) is 72.5 Å². The molecule has 33 heavy (non-hydrogen) atoms. The first-order chi connectivity index (χ1) is 15.9. The monoisotopic (exact) mass is 489 g/mol. The minimum absolute atomic E-state index is 0.0767. The molecule has 0 saturated carbocycles. The number of anilines is 1. The number of halogens is 2. The van der Waals surface area contributed by atoms with Crippen molar-refractivity contribution in [2.24, 2.45) is 0 Å². The molecule has 0 radical (unpaired) electrons. The summed E-state index contributed by atoms with van der Waals surface area (Å²) in [5.41, 5.74) is 0.369. The maximum Gasteiger partial charge on any atom is 0.267 e. The van der Waals surface area contributed by atoms with Crippen LogP contribution in [0.1, 0.15) is 6.42 Å². The Balaban J connectivity index is 1.21. The maximum atomic E-state index is 13.1. The van der Waals surface area contributed by atoms with E-state index in [-0.39, 0.29) is 30.7 Å². The van der Waals surface area contributed by atoms with Crippen LogP contribution < -0.4 is 14.4 Å². The quantitative estimate of drug-likeness (QED) is 0.616. The van der Waals surface area contributed by atoms with Crippen molar-refractivity contribution in [1.29, 1.82) is 0 Å². The standard InChI is InChI=1S/C23H21Cl2N3O5/c24-14-9-15(25)11-16(10-14)28-21(29)12-17(22(28)30)26-5-7-27(8-6-26)23(31)20-13-32-18-3-1-2-4-19(18)33-20/h1-4,9-11,17,20H,5-8,12-13H2/t17-,20-/m1/s1. The molecular formula is C23H21Cl2N3O5. The first kappa shape index (κ1) is 22.0. The van der Waals surface area contributed by atoms with Crippen LogP contribution in [0.3, 0.4) is 0 Å². The lowest BCUT2D eigenvalue weighted by Crippen LogP contribution is -2.57. The van der Waals surface area contributed by atoms with Gasteiger partial charge in [-0.2, -0.15) is 0 Å². The third kappa shape index (κ3) is 4.26.